The number of aliphatic carboxylic acids is 1. The molecule has 46 valence electrons. The summed E-state index contributed by atoms with van der Waals surface area (Å²) in [7, 11) is 0. The Kier molecular flexibility index (Phi) is 2.88. The number of hydrogen-bond donors (Lipinski definition) is 2. The first kappa shape index (κ1) is 7.17. The molecule has 8 heavy (non-hydrogen) atoms. The lowest BCUT2D eigenvalue weighted by Crippen LogP contribution is -2.01. The van der Waals surface area contributed by atoms with Crippen LogP contribution in [-0.2, 0) is 4.79 Å². The maximum atomic E-state index is 9.97. The maximum Gasteiger partial charge on any atom is 0.330 e. The zero-order valence-corrected chi connectivity index (χ0v) is 4.72. The summed E-state index contributed by atoms with van der Waals surface area (Å²) in [6, 6.07) is 0. The Morgan fingerprint density at radius 2 is 2.38 bits per heavy atom. The quantitative estimate of drug-likeness (QED) is 0.497. The molecule has 0 aliphatic rings. The second-order valence-corrected chi connectivity index (χ2v) is 1.43. The van der Waals surface area contributed by atoms with E-state index in [4.69, 9.17) is 10.8 Å². The molecule has 3 N–H and O–H groups in total. The number of hydrogen-bond acceptors (Lipinski definition) is 2. The van der Waals surface area contributed by atoms with Crippen molar-refractivity contribution in [2.24, 2.45) is 5.73 Å². The molecule has 0 bridgehead atoms. The van der Waals surface area contributed by atoms with E-state index in [0.717, 1.165) is 0 Å². The average molecular weight is 115 g/mol. The van der Waals surface area contributed by atoms with Crippen LogP contribution in [0.15, 0.2) is 11.6 Å². The first-order valence-electron chi connectivity index (χ1n) is 2.28. The van der Waals surface area contributed by atoms with Gasteiger partial charge >= 0.3 is 5.97 Å². The summed E-state index contributed by atoms with van der Waals surface area (Å²) >= 11 is 0. The summed E-state index contributed by atoms with van der Waals surface area (Å²) in [5.74, 6) is -0.907. The summed E-state index contributed by atoms with van der Waals surface area (Å²) in [5, 5.41) is 8.19. The fraction of sp³-hybridized carbons (Fsp3) is 0.400. The lowest BCUT2D eigenvalue weighted by molar-refractivity contribution is -0.132. The van der Waals surface area contributed by atoms with Gasteiger partial charge in [-0.2, -0.15) is 0 Å². The van der Waals surface area contributed by atoms with E-state index in [-0.39, 0.29) is 6.54 Å². The van der Waals surface area contributed by atoms with E-state index < -0.39 is 5.97 Å². The van der Waals surface area contributed by atoms with E-state index in [1.807, 2.05) is 0 Å². The van der Waals surface area contributed by atoms with E-state index in [2.05, 4.69) is 0 Å². The molecule has 0 aliphatic carbocycles. The first-order valence-corrected chi connectivity index (χ1v) is 2.28. The third-order valence-corrected chi connectivity index (χ3v) is 0.761. The third-order valence-electron chi connectivity index (χ3n) is 0.761. The molecule has 0 aromatic rings. The van der Waals surface area contributed by atoms with Crippen molar-refractivity contribution in [3.63, 3.8) is 0 Å². The van der Waals surface area contributed by atoms with Gasteiger partial charge in [-0.15, -0.1) is 0 Å². The van der Waals surface area contributed by atoms with Crippen LogP contribution in [-0.4, -0.2) is 17.6 Å². The van der Waals surface area contributed by atoms with Crippen molar-refractivity contribution < 1.29 is 9.90 Å². The molecular weight excluding hydrogens is 106 g/mol. The van der Waals surface area contributed by atoms with Crippen LogP contribution in [0.4, 0.5) is 0 Å². The van der Waals surface area contributed by atoms with Gasteiger partial charge in [0.15, 0.2) is 0 Å². The Labute approximate surface area is 47.8 Å². The highest BCUT2D eigenvalue weighted by molar-refractivity contribution is 5.85. The van der Waals surface area contributed by atoms with Crippen molar-refractivity contribution in [3.8, 4) is 0 Å². The molecule has 0 spiro atoms. The molecule has 0 saturated carbocycles. The highest BCUT2D eigenvalue weighted by atomic mass is 16.4. The summed E-state index contributed by atoms with van der Waals surface area (Å²) in [4.78, 5) is 9.97. The number of nitrogens with two attached hydrogens (primary N) is 1. The number of carboxylic acids is 1. The topological polar surface area (TPSA) is 63.3 Å². The van der Waals surface area contributed by atoms with Crippen molar-refractivity contribution in [1.29, 1.82) is 0 Å². The Morgan fingerprint density at radius 3 is 2.50 bits per heavy atom. The Hall–Kier alpha value is -0.830. The van der Waals surface area contributed by atoms with Gasteiger partial charge in [-0.05, 0) is 6.92 Å². The second kappa shape index (κ2) is 3.21. The molecule has 0 saturated heterocycles. The molecule has 0 atom stereocenters. The standard InChI is InChI=1S/C5H9NO2/c1-4(2-3-6)5(7)8/h2H,3,6H2,1H3,(H,7,8)/b4-2+. The van der Waals surface area contributed by atoms with Crippen LogP contribution >= 0.6 is 0 Å². The van der Waals surface area contributed by atoms with Crippen molar-refractivity contribution in [1.82, 2.24) is 0 Å². The normalized spacial score (nSPS) is 11.5. The maximum absolute atomic E-state index is 9.97. The van der Waals surface area contributed by atoms with E-state index >= 15 is 0 Å². The Bertz CT molecular complexity index is 118. The zero-order valence-electron chi connectivity index (χ0n) is 4.72. The van der Waals surface area contributed by atoms with Gasteiger partial charge in [0.25, 0.3) is 0 Å². The summed E-state index contributed by atoms with van der Waals surface area (Å²) in [6.45, 7) is 1.80. The molecule has 0 radical (unpaired) electrons. The number of carboxylic acid groups (broad SMARTS) is 1. The molecule has 0 amide bonds. The zero-order chi connectivity index (χ0) is 6.57. The molecule has 0 rings (SSSR count). The molecule has 0 aromatic heterocycles. The second-order valence-electron chi connectivity index (χ2n) is 1.43. The highest BCUT2D eigenvalue weighted by Gasteiger charge is 1.95. The van der Waals surface area contributed by atoms with Crippen molar-refractivity contribution >= 4 is 5.97 Å². The fourth-order valence-electron chi connectivity index (χ4n) is 0.264. The minimum atomic E-state index is -0.907. The van der Waals surface area contributed by atoms with E-state index in [1.54, 1.807) is 0 Å². The predicted octanol–water partition coefficient (Wildman–Crippen LogP) is -0.0240. The number of carbonyl (C=O) groups is 1. The molecule has 0 aliphatic heterocycles. The Balaban J connectivity index is 3.80. The van der Waals surface area contributed by atoms with Gasteiger partial charge in [0.2, 0.25) is 0 Å². The number of rotatable bonds is 2. The van der Waals surface area contributed by atoms with Gasteiger partial charge in [-0.1, -0.05) is 6.08 Å². The summed E-state index contributed by atoms with van der Waals surface area (Å²) in [5.41, 5.74) is 5.33. The molecule has 3 nitrogen and oxygen atoms in total. The van der Waals surface area contributed by atoms with E-state index in [1.165, 1.54) is 13.0 Å². The molecule has 3 heteroatoms. The van der Waals surface area contributed by atoms with E-state index in [9.17, 15) is 4.79 Å². The van der Waals surface area contributed by atoms with Gasteiger partial charge < -0.3 is 10.8 Å². The van der Waals surface area contributed by atoms with Crippen LogP contribution in [0.1, 0.15) is 6.92 Å². The molecule has 0 heterocycles. The summed E-state index contributed by atoms with van der Waals surface area (Å²) in [6.07, 6.45) is 1.46. The third kappa shape index (κ3) is 2.36. The minimum absolute atomic E-state index is 0.290. The summed E-state index contributed by atoms with van der Waals surface area (Å²) < 4.78 is 0. The van der Waals surface area contributed by atoms with Crippen LogP contribution in [0.3, 0.4) is 0 Å². The van der Waals surface area contributed by atoms with Crippen LogP contribution in [0.25, 0.3) is 0 Å². The molecule has 0 unspecified atom stereocenters. The SMILES string of the molecule is C/C(=C\CN)C(=O)O. The van der Waals surface area contributed by atoms with Crippen molar-refractivity contribution in [2.75, 3.05) is 6.54 Å². The van der Waals surface area contributed by atoms with Gasteiger partial charge in [0.05, 0.1) is 0 Å². The molecule has 0 fully saturated rings. The van der Waals surface area contributed by atoms with E-state index in [0.29, 0.717) is 5.57 Å². The Morgan fingerprint density at radius 1 is 1.88 bits per heavy atom. The van der Waals surface area contributed by atoms with Gasteiger partial charge in [-0.25, -0.2) is 4.79 Å². The average Bonchev–Trinajstić information content (AvgIpc) is 1.67. The monoisotopic (exact) mass is 115 g/mol. The molecule has 0 aromatic carbocycles. The van der Waals surface area contributed by atoms with Crippen molar-refractivity contribution in [2.45, 2.75) is 6.92 Å². The lowest BCUT2D eigenvalue weighted by atomic mass is 10.3. The first-order chi connectivity index (χ1) is 3.68. The van der Waals surface area contributed by atoms with Gasteiger partial charge in [0.1, 0.15) is 0 Å². The van der Waals surface area contributed by atoms with Gasteiger partial charge in [0, 0.05) is 12.1 Å². The van der Waals surface area contributed by atoms with Crippen LogP contribution in [0.2, 0.25) is 0 Å². The fourth-order valence-corrected chi connectivity index (χ4v) is 0.264. The highest BCUT2D eigenvalue weighted by Crippen LogP contribution is 1.87. The van der Waals surface area contributed by atoms with Crippen LogP contribution in [0, 0.1) is 0 Å². The van der Waals surface area contributed by atoms with Crippen molar-refractivity contribution in [3.05, 3.63) is 11.6 Å². The predicted molar refractivity (Wildman–Crippen MR) is 30.4 cm³/mol. The largest absolute Gasteiger partial charge is 0.478 e. The smallest absolute Gasteiger partial charge is 0.330 e. The molecular formula is C5H9NO2. The van der Waals surface area contributed by atoms with Crippen LogP contribution < -0.4 is 5.73 Å². The lowest BCUT2D eigenvalue weighted by Gasteiger charge is -1.87. The minimum Gasteiger partial charge on any atom is -0.478 e. The van der Waals surface area contributed by atoms with Crippen LogP contribution in [0.5, 0.6) is 0 Å². The van der Waals surface area contributed by atoms with Gasteiger partial charge in [-0.3, -0.25) is 0 Å².